The van der Waals surface area contributed by atoms with E-state index in [1.54, 1.807) is 17.8 Å². The quantitative estimate of drug-likeness (QED) is 0.806. The molecule has 0 bridgehead atoms. The van der Waals surface area contributed by atoms with Gasteiger partial charge in [0.1, 0.15) is 5.82 Å². The molecule has 0 fully saturated rings. The summed E-state index contributed by atoms with van der Waals surface area (Å²) in [6.07, 6.45) is 1.91. The zero-order valence-electron chi connectivity index (χ0n) is 7.21. The molecule has 0 unspecified atom stereocenters. The van der Waals surface area contributed by atoms with Crippen molar-refractivity contribution in [2.75, 3.05) is 6.26 Å². The first-order chi connectivity index (χ1) is 6.13. The molecule has 0 aliphatic rings. The van der Waals surface area contributed by atoms with Gasteiger partial charge in [-0.3, -0.25) is 4.79 Å². The van der Waals surface area contributed by atoms with Gasteiger partial charge in [0.15, 0.2) is 0 Å². The van der Waals surface area contributed by atoms with Gasteiger partial charge in [0.25, 0.3) is 0 Å². The summed E-state index contributed by atoms with van der Waals surface area (Å²) < 4.78 is 12.9. The number of primary amides is 1. The van der Waals surface area contributed by atoms with Crippen LogP contribution in [0.25, 0.3) is 0 Å². The molecule has 0 aliphatic heterocycles. The summed E-state index contributed by atoms with van der Waals surface area (Å²) >= 11 is 1.57. The van der Waals surface area contributed by atoms with Gasteiger partial charge in [-0.2, -0.15) is 11.8 Å². The van der Waals surface area contributed by atoms with Crippen molar-refractivity contribution in [1.29, 1.82) is 0 Å². The van der Waals surface area contributed by atoms with E-state index in [1.165, 1.54) is 6.07 Å². The number of halogens is 1. The highest BCUT2D eigenvalue weighted by Crippen LogP contribution is 2.13. The zero-order valence-corrected chi connectivity index (χ0v) is 8.03. The highest BCUT2D eigenvalue weighted by atomic mass is 32.2. The molecule has 70 valence electrons. The van der Waals surface area contributed by atoms with Crippen LogP contribution in [0.5, 0.6) is 0 Å². The lowest BCUT2D eigenvalue weighted by molar-refractivity contribution is 0.1000. The fraction of sp³-hybridized carbons (Fsp3) is 0.222. The van der Waals surface area contributed by atoms with E-state index < -0.39 is 11.7 Å². The number of carbonyl (C=O) groups excluding carboxylic acids is 1. The fourth-order valence-electron chi connectivity index (χ4n) is 1.04. The molecule has 0 saturated heterocycles. The predicted molar refractivity (Wildman–Crippen MR) is 52.1 cm³/mol. The molecule has 0 radical (unpaired) electrons. The van der Waals surface area contributed by atoms with Crippen molar-refractivity contribution in [1.82, 2.24) is 0 Å². The summed E-state index contributed by atoms with van der Waals surface area (Å²) in [6, 6.07) is 4.16. The van der Waals surface area contributed by atoms with E-state index in [0.717, 1.165) is 11.6 Å². The minimum absolute atomic E-state index is 0.226. The Morgan fingerprint density at radius 2 is 2.23 bits per heavy atom. The summed E-state index contributed by atoms with van der Waals surface area (Å²) in [5.74, 6) is -0.333. The third kappa shape index (κ3) is 2.73. The van der Waals surface area contributed by atoms with Crippen molar-refractivity contribution in [2.24, 2.45) is 5.73 Å². The Morgan fingerprint density at radius 3 is 2.77 bits per heavy atom. The number of hydrogen-bond donors (Lipinski definition) is 1. The summed E-state index contributed by atoms with van der Waals surface area (Å²) in [4.78, 5) is 10.8. The lowest BCUT2D eigenvalue weighted by Gasteiger charge is -2.01. The SMILES string of the molecule is CSCc1cc(F)cc(C(N)=O)c1. The molecule has 0 spiro atoms. The zero-order chi connectivity index (χ0) is 9.84. The first-order valence-electron chi connectivity index (χ1n) is 3.71. The topological polar surface area (TPSA) is 43.1 Å². The molecule has 1 aromatic rings. The first kappa shape index (κ1) is 10.1. The predicted octanol–water partition coefficient (Wildman–Crippen LogP) is 1.79. The average Bonchev–Trinajstić information content (AvgIpc) is 2.03. The molecule has 0 atom stereocenters. The van der Waals surface area contributed by atoms with Crippen molar-refractivity contribution in [3.8, 4) is 0 Å². The normalized spacial score (nSPS) is 10.0. The van der Waals surface area contributed by atoms with E-state index in [1.807, 2.05) is 6.26 Å². The van der Waals surface area contributed by atoms with Crippen LogP contribution < -0.4 is 5.73 Å². The molecule has 1 aromatic carbocycles. The highest BCUT2D eigenvalue weighted by molar-refractivity contribution is 7.97. The fourth-order valence-corrected chi connectivity index (χ4v) is 1.54. The van der Waals surface area contributed by atoms with E-state index in [0.29, 0.717) is 5.75 Å². The molecule has 1 amide bonds. The lowest BCUT2D eigenvalue weighted by Crippen LogP contribution is -2.11. The van der Waals surface area contributed by atoms with Gasteiger partial charge in [0, 0.05) is 11.3 Å². The Bertz CT molecular complexity index is 327. The summed E-state index contributed by atoms with van der Waals surface area (Å²) in [5, 5.41) is 0. The van der Waals surface area contributed by atoms with Crippen LogP contribution in [0, 0.1) is 5.82 Å². The summed E-state index contributed by atoms with van der Waals surface area (Å²) in [6.45, 7) is 0. The Kier molecular flexibility index (Phi) is 3.31. The number of carbonyl (C=O) groups is 1. The molecule has 2 N–H and O–H groups in total. The monoisotopic (exact) mass is 199 g/mol. The molecule has 0 heterocycles. The first-order valence-corrected chi connectivity index (χ1v) is 5.11. The number of amides is 1. The van der Waals surface area contributed by atoms with Crippen LogP contribution in [-0.2, 0) is 5.75 Å². The summed E-state index contributed by atoms with van der Waals surface area (Å²) in [7, 11) is 0. The highest BCUT2D eigenvalue weighted by Gasteiger charge is 2.04. The maximum atomic E-state index is 12.9. The largest absolute Gasteiger partial charge is 0.366 e. The maximum Gasteiger partial charge on any atom is 0.248 e. The lowest BCUT2D eigenvalue weighted by atomic mass is 10.1. The Hall–Kier alpha value is -1.03. The van der Waals surface area contributed by atoms with Gasteiger partial charge in [-0.15, -0.1) is 0 Å². The van der Waals surface area contributed by atoms with E-state index in [9.17, 15) is 9.18 Å². The van der Waals surface area contributed by atoms with Gasteiger partial charge in [-0.25, -0.2) is 4.39 Å². The van der Waals surface area contributed by atoms with Crippen LogP contribution in [-0.4, -0.2) is 12.2 Å². The number of rotatable bonds is 3. The van der Waals surface area contributed by atoms with Gasteiger partial charge in [-0.05, 0) is 30.0 Å². The maximum absolute atomic E-state index is 12.9. The van der Waals surface area contributed by atoms with E-state index in [-0.39, 0.29) is 5.56 Å². The minimum Gasteiger partial charge on any atom is -0.366 e. The Balaban J connectivity index is 3.03. The van der Waals surface area contributed by atoms with Crippen LogP contribution in [0.3, 0.4) is 0 Å². The van der Waals surface area contributed by atoms with Crippen LogP contribution in [0.2, 0.25) is 0 Å². The third-order valence-corrected chi connectivity index (χ3v) is 2.18. The van der Waals surface area contributed by atoms with Crippen molar-refractivity contribution in [3.63, 3.8) is 0 Å². The Morgan fingerprint density at radius 1 is 1.54 bits per heavy atom. The molecular weight excluding hydrogens is 189 g/mol. The van der Waals surface area contributed by atoms with Crippen molar-refractivity contribution in [2.45, 2.75) is 5.75 Å². The Labute approximate surface area is 80.3 Å². The van der Waals surface area contributed by atoms with E-state index in [4.69, 9.17) is 5.73 Å². The van der Waals surface area contributed by atoms with Gasteiger partial charge < -0.3 is 5.73 Å². The minimum atomic E-state index is -0.596. The number of thioether (sulfide) groups is 1. The second-order valence-corrected chi connectivity index (χ2v) is 3.51. The van der Waals surface area contributed by atoms with Gasteiger partial charge in [0.2, 0.25) is 5.91 Å². The van der Waals surface area contributed by atoms with Gasteiger partial charge in [0.05, 0.1) is 0 Å². The molecule has 4 heteroatoms. The molecule has 1 rings (SSSR count). The second kappa shape index (κ2) is 4.28. The van der Waals surface area contributed by atoms with Crippen molar-refractivity contribution < 1.29 is 9.18 Å². The van der Waals surface area contributed by atoms with Crippen LogP contribution in [0.1, 0.15) is 15.9 Å². The molecule has 0 saturated carbocycles. The second-order valence-electron chi connectivity index (χ2n) is 2.65. The van der Waals surface area contributed by atoms with E-state index in [2.05, 4.69) is 0 Å². The van der Waals surface area contributed by atoms with Crippen LogP contribution in [0.4, 0.5) is 4.39 Å². The van der Waals surface area contributed by atoms with Gasteiger partial charge in [-0.1, -0.05) is 0 Å². The van der Waals surface area contributed by atoms with Crippen molar-refractivity contribution >= 4 is 17.7 Å². The summed E-state index contributed by atoms with van der Waals surface area (Å²) in [5.41, 5.74) is 6.04. The van der Waals surface area contributed by atoms with Crippen LogP contribution in [0.15, 0.2) is 18.2 Å². The third-order valence-electron chi connectivity index (χ3n) is 1.55. The van der Waals surface area contributed by atoms with Crippen molar-refractivity contribution in [3.05, 3.63) is 35.1 Å². The van der Waals surface area contributed by atoms with Crippen LogP contribution >= 0.6 is 11.8 Å². The average molecular weight is 199 g/mol. The number of nitrogens with two attached hydrogens (primary N) is 1. The standard InChI is InChI=1S/C9H10FNOS/c1-13-5-6-2-7(9(11)12)4-8(10)3-6/h2-4H,5H2,1H3,(H2,11,12). The number of benzene rings is 1. The molecular formula is C9H10FNOS. The molecule has 13 heavy (non-hydrogen) atoms. The smallest absolute Gasteiger partial charge is 0.248 e. The number of hydrogen-bond acceptors (Lipinski definition) is 2. The molecule has 0 aliphatic carbocycles. The molecule has 0 aromatic heterocycles. The molecule has 2 nitrogen and oxygen atoms in total. The van der Waals surface area contributed by atoms with Gasteiger partial charge >= 0.3 is 0 Å². The van der Waals surface area contributed by atoms with E-state index >= 15 is 0 Å².